The van der Waals surface area contributed by atoms with E-state index in [0.717, 1.165) is 15.8 Å². The first-order valence-corrected chi connectivity index (χ1v) is 8.82. The number of carboxylic acid groups (broad SMARTS) is 1. The fourth-order valence-electron chi connectivity index (χ4n) is 2.57. The average Bonchev–Trinajstić information content (AvgIpc) is 2.57. The van der Waals surface area contributed by atoms with Gasteiger partial charge in [0.15, 0.2) is 0 Å². The summed E-state index contributed by atoms with van der Waals surface area (Å²) in [6.07, 6.45) is -0.243. The third-order valence-electron chi connectivity index (χ3n) is 4.00. The summed E-state index contributed by atoms with van der Waals surface area (Å²) >= 11 is 3.42. The van der Waals surface area contributed by atoms with Crippen molar-refractivity contribution in [1.29, 1.82) is 0 Å². The number of piperazine rings is 1. The van der Waals surface area contributed by atoms with Crippen LogP contribution in [-0.4, -0.2) is 65.5 Å². The number of amides is 2. The summed E-state index contributed by atoms with van der Waals surface area (Å²) in [7, 11) is 0. The van der Waals surface area contributed by atoms with E-state index in [1.807, 2.05) is 25.1 Å². The maximum atomic E-state index is 12.2. The monoisotopic (exact) mass is 412 g/mol. The Morgan fingerprint density at radius 1 is 1.12 bits per heavy atom. The van der Waals surface area contributed by atoms with E-state index in [4.69, 9.17) is 9.84 Å². The number of carbonyl (C=O) groups excluding carboxylic acids is 2. The van der Waals surface area contributed by atoms with Gasteiger partial charge in [-0.2, -0.15) is 0 Å². The number of ether oxygens (including phenoxy) is 1. The molecule has 7 nitrogen and oxygen atoms in total. The van der Waals surface area contributed by atoms with E-state index in [0.29, 0.717) is 26.2 Å². The topological polar surface area (TPSA) is 87.2 Å². The van der Waals surface area contributed by atoms with Crippen LogP contribution in [0.4, 0.5) is 0 Å². The molecular formula is C17H21BrN2O5. The molecule has 1 heterocycles. The molecule has 0 radical (unpaired) electrons. The number of rotatable bonds is 6. The van der Waals surface area contributed by atoms with Crippen LogP contribution in [0.15, 0.2) is 22.7 Å². The predicted molar refractivity (Wildman–Crippen MR) is 94.4 cm³/mol. The van der Waals surface area contributed by atoms with E-state index in [-0.39, 0.29) is 18.9 Å². The number of benzene rings is 1. The molecule has 136 valence electrons. The van der Waals surface area contributed by atoms with Crippen molar-refractivity contribution in [3.8, 4) is 5.75 Å². The van der Waals surface area contributed by atoms with Crippen LogP contribution < -0.4 is 4.74 Å². The summed E-state index contributed by atoms with van der Waals surface area (Å²) < 4.78 is 6.61. The molecule has 0 aliphatic carbocycles. The van der Waals surface area contributed by atoms with Crippen LogP contribution in [0, 0.1) is 6.92 Å². The Hall–Kier alpha value is -2.09. The number of hydrogen-bond acceptors (Lipinski definition) is 4. The van der Waals surface area contributed by atoms with Crippen molar-refractivity contribution in [3.63, 3.8) is 0 Å². The van der Waals surface area contributed by atoms with Gasteiger partial charge in [0.05, 0.1) is 13.0 Å². The van der Waals surface area contributed by atoms with Crippen LogP contribution in [0.5, 0.6) is 5.75 Å². The van der Waals surface area contributed by atoms with E-state index in [1.54, 1.807) is 4.90 Å². The molecular weight excluding hydrogens is 392 g/mol. The summed E-state index contributed by atoms with van der Waals surface area (Å²) in [5, 5.41) is 8.65. The van der Waals surface area contributed by atoms with Crippen molar-refractivity contribution in [2.75, 3.05) is 32.8 Å². The lowest BCUT2D eigenvalue weighted by Gasteiger charge is -2.34. The third kappa shape index (κ3) is 5.74. The van der Waals surface area contributed by atoms with Gasteiger partial charge in [0.1, 0.15) is 12.2 Å². The van der Waals surface area contributed by atoms with Gasteiger partial charge in [0, 0.05) is 30.7 Å². The molecule has 2 rings (SSSR count). The smallest absolute Gasteiger partial charge is 0.312 e. The van der Waals surface area contributed by atoms with Gasteiger partial charge in [-0.15, -0.1) is 0 Å². The lowest BCUT2D eigenvalue weighted by Crippen LogP contribution is -2.51. The minimum absolute atomic E-state index is 0.0285. The second-order valence-electron chi connectivity index (χ2n) is 5.84. The van der Waals surface area contributed by atoms with Gasteiger partial charge in [0.25, 0.3) is 0 Å². The summed E-state index contributed by atoms with van der Waals surface area (Å²) in [6, 6.07) is 5.65. The second-order valence-corrected chi connectivity index (χ2v) is 6.70. The molecule has 8 heteroatoms. The quantitative estimate of drug-likeness (QED) is 0.718. The average molecular weight is 413 g/mol. The molecule has 0 bridgehead atoms. The summed E-state index contributed by atoms with van der Waals surface area (Å²) in [5.74, 6) is -0.853. The first-order valence-electron chi connectivity index (χ1n) is 8.03. The van der Waals surface area contributed by atoms with Crippen LogP contribution in [0.25, 0.3) is 0 Å². The van der Waals surface area contributed by atoms with Crippen LogP contribution in [0.3, 0.4) is 0 Å². The maximum absolute atomic E-state index is 12.2. The molecule has 1 aromatic carbocycles. The second kappa shape index (κ2) is 8.84. The van der Waals surface area contributed by atoms with Crippen molar-refractivity contribution in [2.45, 2.75) is 19.8 Å². The third-order valence-corrected chi connectivity index (χ3v) is 4.89. The molecule has 25 heavy (non-hydrogen) atoms. The first kappa shape index (κ1) is 19.2. The Labute approximate surface area is 154 Å². The van der Waals surface area contributed by atoms with Gasteiger partial charge < -0.3 is 19.6 Å². The largest absolute Gasteiger partial charge is 0.493 e. The van der Waals surface area contributed by atoms with Crippen molar-refractivity contribution in [1.82, 2.24) is 9.80 Å². The van der Waals surface area contributed by atoms with E-state index >= 15 is 0 Å². The van der Waals surface area contributed by atoms with Crippen molar-refractivity contribution >= 4 is 33.7 Å². The molecule has 0 unspecified atom stereocenters. The molecule has 1 aliphatic heterocycles. The number of carboxylic acids is 1. The van der Waals surface area contributed by atoms with Crippen LogP contribution in [0.2, 0.25) is 0 Å². The number of aryl methyl sites for hydroxylation is 1. The number of hydrogen-bond donors (Lipinski definition) is 1. The molecule has 2 amide bonds. The fourth-order valence-corrected chi connectivity index (χ4v) is 2.81. The number of aliphatic carboxylic acids is 1. The molecule has 0 atom stereocenters. The minimum atomic E-state index is -1.14. The van der Waals surface area contributed by atoms with Crippen molar-refractivity contribution in [2.24, 2.45) is 0 Å². The first-order chi connectivity index (χ1) is 11.9. The molecule has 1 fully saturated rings. The summed E-state index contributed by atoms with van der Waals surface area (Å²) in [4.78, 5) is 37.6. The summed E-state index contributed by atoms with van der Waals surface area (Å²) in [5.41, 5.74) is 1.06. The van der Waals surface area contributed by atoms with E-state index in [1.165, 1.54) is 4.90 Å². The summed E-state index contributed by atoms with van der Waals surface area (Å²) in [6.45, 7) is 3.82. The van der Waals surface area contributed by atoms with Crippen molar-refractivity contribution < 1.29 is 24.2 Å². The highest BCUT2D eigenvalue weighted by atomic mass is 79.9. The molecule has 1 aromatic rings. The standard InChI is InChI=1S/C17H21BrN2O5/c1-12-10-13(2-3-14(12)18)25-9-4-15(21)19-5-7-20(8-6-19)16(22)11-17(23)24/h2-3,10H,4-9,11H2,1H3,(H,23,24). The van der Waals surface area contributed by atoms with Crippen LogP contribution in [-0.2, 0) is 14.4 Å². The predicted octanol–water partition coefficient (Wildman–Crippen LogP) is 1.67. The van der Waals surface area contributed by atoms with E-state index in [2.05, 4.69) is 15.9 Å². The van der Waals surface area contributed by atoms with Crippen LogP contribution in [0.1, 0.15) is 18.4 Å². The Kier molecular flexibility index (Phi) is 6.81. The Morgan fingerprint density at radius 2 is 1.72 bits per heavy atom. The Balaban J connectivity index is 1.72. The highest BCUT2D eigenvalue weighted by Gasteiger charge is 2.24. The van der Waals surface area contributed by atoms with Gasteiger partial charge >= 0.3 is 5.97 Å². The number of nitrogens with zero attached hydrogens (tertiary/aromatic N) is 2. The van der Waals surface area contributed by atoms with Gasteiger partial charge in [0.2, 0.25) is 11.8 Å². The van der Waals surface area contributed by atoms with Gasteiger partial charge in [-0.1, -0.05) is 15.9 Å². The molecule has 1 N–H and O–H groups in total. The van der Waals surface area contributed by atoms with Gasteiger partial charge in [-0.05, 0) is 30.7 Å². The van der Waals surface area contributed by atoms with Gasteiger partial charge in [-0.3, -0.25) is 14.4 Å². The zero-order valence-corrected chi connectivity index (χ0v) is 15.6. The van der Waals surface area contributed by atoms with Crippen molar-refractivity contribution in [3.05, 3.63) is 28.2 Å². The molecule has 0 saturated carbocycles. The highest BCUT2D eigenvalue weighted by Crippen LogP contribution is 2.21. The van der Waals surface area contributed by atoms with E-state index in [9.17, 15) is 14.4 Å². The van der Waals surface area contributed by atoms with Crippen LogP contribution >= 0.6 is 15.9 Å². The molecule has 1 saturated heterocycles. The fraction of sp³-hybridized carbons (Fsp3) is 0.471. The Bertz CT molecular complexity index is 656. The minimum Gasteiger partial charge on any atom is -0.493 e. The highest BCUT2D eigenvalue weighted by molar-refractivity contribution is 9.10. The Morgan fingerprint density at radius 3 is 2.28 bits per heavy atom. The number of halogens is 1. The SMILES string of the molecule is Cc1cc(OCCC(=O)N2CCN(C(=O)CC(=O)O)CC2)ccc1Br. The maximum Gasteiger partial charge on any atom is 0.312 e. The molecule has 1 aliphatic rings. The molecule has 0 spiro atoms. The normalized spacial score (nSPS) is 14.3. The zero-order chi connectivity index (χ0) is 18.4. The lowest BCUT2D eigenvalue weighted by molar-refractivity contribution is -0.147. The number of carbonyl (C=O) groups is 3. The zero-order valence-electron chi connectivity index (χ0n) is 14.0. The van der Waals surface area contributed by atoms with E-state index < -0.39 is 18.3 Å². The molecule has 0 aromatic heterocycles. The lowest BCUT2D eigenvalue weighted by atomic mass is 10.2. The van der Waals surface area contributed by atoms with Gasteiger partial charge in [-0.25, -0.2) is 0 Å².